The summed E-state index contributed by atoms with van der Waals surface area (Å²) in [7, 11) is 0. The Kier molecular flexibility index (Phi) is 8.71. The minimum absolute atomic E-state index is 0.00684. The number of rotatable bonds is 4. The zero-order chi connectivity index (χ0) is 43.9. The molecule has 0 saturated carbocycles. The number of benzene rings is 6. The number of aromatic nitrogens is 1. The molecule has 6 aromatic carbocycles. The van der Waals surface area contributed by atoms with Crippen molar-refractivity contribution in [1.82, 2.24) is 4.57 Å². The lowest BCUT2D eigenvalue weighted by Gasteiger charge is -2.42. The zero-order valence-corrected chi connectivity index (χ0v) is 39.1. The van der Waals surface area contributed by atoms with Crippen molar-refractivity contribution in [3.05, 3.63) is 137 Å². The molecule has 0 radical (unpaired) electrons. The zero-order valence-electron chi connectivity index (χ0n) is 39.1. The van der Waals surface area contributed by atoms with Crippen molar-refractivity contribution in [2.24, 2.45) is 0 Å². The molecule has 0 amide bonds. The molecule has 9 aromatic rings. The lowest BCUT2D eigenvalue weighted by Crippen LogP contribution is -2.34. The molecule has 1 aliphatic carbocycles. The minimum atomic E-state index is -0.0468. The van der Waals surface area contributed by atoms with E-state index in [-0.39, 0.29) is 27.1 Å². The molecule has 0 atom stereocenters. The van der Waals surface area contributed by atoms with Gasteiger partial charge < -0.3 is 18.7 Å². The number of nitrogens with one attached hydrogen (secondary N) is 1. The third-order valence-electron chi connectivity index (χ3n) is 14.2. The highest BCUT2D eigenvalue weighted by atomic mass is 16.3. The van der Waals surface area contributed by atoms with Gasteiger partial charge in [-0.3, -0.25) is 0 Å². The summed E-state index contributed by atoms with van der Waals surface area (Å²) in [6.07, 6.45) is 4.22. The van der Waals surface area contributed by atoms with Crippen LogP contribution in [0.5, 0.6) is 0 Å². The molecule has 4 nitrogen and oxygen atoms in total. The van der Waals surface area contributed by atoms with Gasteiger partial charge in [-0.1, -0.05) is 132 Å². The van der Waals surface area contributed by atoms with Gasteiger partial charge in [-0.2, -0.15) is 0 Å². The fourth-order valence-corrected chi connectivity index (χ4v) is 10.1. The van der Waals surface area contributed by atoms with E-state index in [1.54, 1.807) is 0 Å². The van der Waals surface area contributed by atoms with Crippen molar-refractivity contribution >= 4 is 66.1 Å². The predicted molar refractivity (Wildman–Crippen MR) is 264 cm³/mol. The van der Waals surface area contributed by atoms with E-state index in [0.29, 0.717) is 0 Å². The van der Waals surface area contributed by atoms with E-state index < -0.39 is 0 Å². The molecule has 62 heavy (non-hydrogen) atoms. The largest absolute Gasteiger partial charge is 0.462 e. The van der Waals surface area contributed by atoms with Gasteiger partial charge in [0, 0.05) is 38.5 Å². The van der Waals surface area contributed by atoms with Crippen LogP contribution in [0.4, 0.5) is 11.4 Å². The Balaban J connectivity index is 1.36. The number of anilines is 2. The molecule has 3 aromatic heterocycles. The van der Waals surface area contributed by atoms with E-state index in [0.717, 1.165) is 84.8 Å². The van der Waals surface area contributed by atoms with Crippen LogP contribution in [-0.2, 0) is 27.1 Å². The Morgan fingerprint density at radius 1 is 0.532 bits per heavy atom. The molecular weight excluding hydrogens is 757 g/mol. The molecular formula is C58H62N2O2. The van der Waals surface area contributed by atoms with E-state index in [1.165, 1.54) is 38.8 Å². The third kappa shape index (κ3) is 6.39. The van der Waals surface area contributed by atoms with Crippen LogP contribution in [0.2, 0.25) is 0 Å². The first kappa shape index (κ1) is 40.3. The van der Waals surface area contributed by atoms with Crippen molar-refractivity contribution in [1.29, 1.82) is 0 Å². The molecule has 1 N–H and O–H groups in total. The summed E-state index contributed by atoms with van der Waals surface area (Å²) in [5.41, 5.74) is 17.2. The number of nitrogens with zero attached hydrogens (tertiary/aromatic N) is 1. The lowest BCUT2D eigenvalue weighted by atomic mass is 9.62. The SMILES string of the molecule is CC(C)(C)c1ccc(Nc2cc3c(cc2-c2cc4c(c5cc(C(C)(C)C)ccc5n4-c4coc5ccc(C(C)(C)C)cc45)c4oc5ccccc5c24)C(C)(C)CCC3(C)C)cc1. The van der Waals surface area contributed by atoms with Gasteiger partial charge in [-0.25, -0.2) is 0 Å². The van der Waals surface area contributed by atoms with Gasteiger partial charge in [0.15, 0.2) is 0 Å². The Labute approximate surface area is 367 Å². The molecule has 0 fully saturated rings. The third-order valence-corrected chi connectivity index (χ3v) is 14.2. The van der Waals surface area contributed by atoms with E-state index in [1.807, 2.05) is 6.26 Å². The highest BCUT2D eigenvalue weighted by molar-refractivity contribution is 6.28. The molecule has 0 bridgehead atoms. The summed E-state index contributed by atoms with van der Waals surface area (Å²) >= 11 is 0. The van der Waals surface area contributed by atoms with E-state index in [4.69, 9.17) is 8.83 Å². The summed E-state index contributed by atoms with van der Waals surface area (Å²) in [5.74, 6) is 0. The van der Waals surface area contributed by atoms with Gasteiger partial charge in [-0.15, -0.1) is 0 Å². The second kappa shape index (κ2) is 13.4. The van der Waals surface area contributed by atoms with Gasteiger partial charge in [0.25, 0.3) is 0 Å². The molecule has 316 valence electrons. The van der Waals surface area contributed by atoms with Gasteiger partial charge in [0.1, 0.15) is 23.0 Å². The van der Waals surface area contributed by atoms with Crippen molar-refractivity contribution < 1.29 is 8.83 Å². The van der Waals surface area contributed by atoms with Crippen LogP contribution in [0.15, 0.2) is 118 Å². The highest BCUT2D eigenvalue weighted by Gasteiger charge is 2.38. The predicted octanol–water partition coefficient (Wildman–Crippen LogP) is 17.1. The first-order chi connectivity index (χ1) is 29.1. The van der Waals surface area contributed by atoms with Crippen molar-refractivity contribution in [2.75, 3.05) is 5.32 Å². The highest BCUT2D eigenvalue weighted by Crippen LogP contribution is 2.53. The number of furan rings is 2. The molecule has 10 rings (SSSR count). The van der Waals surface area contributed by atoms with E-state index in [9.17, 15) is 0 Å². The molecule has 1 aliphatic rings. The Bertz CT molecular complexity index is 3250. The van der Waals surface area contributed by atoms with Crippen LogP contribution < -0.4 is 5.32 Å². The van der Waals surface area contributed by atoms with Gasteiger partial charge in [0.05, 0.1) is 22.1 Å². The van der Waals surface area contributed by atoms with Crippen molar-refractivity contribution in [2.45, 2.75) is 130 Å². The fraction of sp³-hybridized carbons (Fsp3) is 0.345. The maximum absolute atomic E-state index is 7.18. The maximum atomic E-state index is 7.18. The van der Waals surface area contributed by atoms with Crippen molar-refractivity contribution in [3.63, 3.8) is 0 Å². The average molecular weight is 819 g/mol. The molecule has 0 saturated heterocycles. The summed E-state index contributed by atoms with van der Waals surface area (Å²) in [6.45, 7) is 30.2. The van der Waals surface area contributed by atoms with Gasteiger partial charge >= 0.3 is 0 Å². The molecule has 0 aliphatic heterocycles. The average Bonchev–Trinajstić information content (AvgIpc) is 3.89. The van der Waals surface area contributed by atoms with Crippen LogP contribution in [0.25, 0.3) is 71.5 Å². The number of hydrogen-bond donors (Lipinski definition) is 1. The first-order valence-corrected chi connectivity index (χ1v) is 22.6. The van der Waals surface area contributed by atoms with Crippen molar-refractivity contribution in [3.8, 4) is 16.8 Å². The monoisotopic (exact) mass is 818 g/mol. The summed E-state index contributed by atoms with van der Waals surface area (Å²) in [5, 5.41) is 9.65. The lowest BCUT2D eigenvalue weighted by molar-refractivity contribution is 0.332. The van der Waals surface area contributed by atoms with Crippen LogP contribution in [0.3, 0.4) is 0 Å². The maximum Gasteiger partial charge on any atom is 0.146 e. The number of fused-ring (bicyclic) bond motifs is 9. The standard InChI is InChI=1S/C58H62N2O2/c1-54(2,3)34-18-22-37(23-19-34)59-45-32-44-43(57(10,11)26-27-58(44,12)13)30-39(45)40-31-47-52(53-51(40)38-16-14-15-17-50(38)62-53)42-29-35(55(4,5)6)20-24-46(42)60(47)48-33-61-49-25-21-36(28-41(48)49)56(7,8)9/h14-25,28-33,59H,26-27H2,1-13H3. The van der Waals surface area contributed by atoms with Gasteiger partial charge in [-0.05, 0) is 134 Å². The quantitative estimate of drug-likeness (QED) is 0.192. The number of para-hydroxylation sites is 1. The molecule has 0 unspecified atom stereocenters. The smallest absolute Gasteiger partial charge is 0.146 e. The second-order valence-electron chi connectivity index (χ2n) is 22.7. The molecule has 4 heteroatoms. The van der Waals surface area contributed by atoms with E-state index in [2.05, 4.69) is 203 Å². The summed E-state index contributed by atoms with van der Waals surface area (Å²) in [4.78, 5) is 0. The topological polar surface area (TPSA) is 43.2 Å². The Morgan fingerprint density at radius 2 is 1.13 bits per heavy atom. The fourth-order valence-electron chi connectivity index (χ4n) is 10.1. The van der Waals surface area contributed by atoms with E-state index >= 15 is 0 Å². The summed E-state index contributed by atoms with van der Waals surface area (Å²) < 4.78 is 16.0. The van der Waals surface area contributed by atoms with Crippen LogP contribution in [0, 0.1) is 0 Å². The molecule has 0 spiro atoms. The minimum Gasteiger partial charge on any atom is -0.462 e. The second-order valence-corrected chi connectivity index (χ2v) is 22.7. The normalized spacial score (nSPS) is 15.6. The first-order valence-electron chi connectivity index (χ1n) is 22.6. The Morgan fingerprint density at radius 3 is 1.79 bits per heavy atom. The van der Waals surface area contributed by atoms with Crippen LogP contribution >= 0.6 is 0 Å². The van der Waals surface area contributed by atoms with Gasteiger partial charge in [0.2, 0.25) is 0 Å². The van der Waals surface area contributed by atoms with Crippen LogP contribution in [-0.4, -0.2) is 4.57 Å². The summed E-state index contributed by atoms with van der Waals surface area (Å²) in [6, 6.07) is 38.8. The Hall–Kier alpha value is -5.74. The molecule has 3 heterocycles. The number of hydrogen-bond acceptors (Lipinski definition) is 3. The van der Waals surface area contributed by atoms with Crippen LogP contribution in [0.1, 0.15) is 131 Å².